The first kappa shape index (κ1) is 45.2. The Hall–Kier alpha value is -5.90. The van der Waals surface area contributed by atoms with E-state index >= 15 is 0 Å². The van der Waals surface area contributed by atoms with Gasteiger partial charge in [0, 0.05) is 69.3 Å². The van der Waals surface area contributed by atoms with Crippen molar-refractivity contribution in [3.8, 4) is 11.1 Å². The number of nitrogens with zero attached hydrogens (tertiary/aromatic N) is 3. The number of benzene rings is 2. The van der Waals surface area contributed by atoms with Gasteiger partial charge in [-0.05, 0) is 93.6 Å². The van der Waals surface area contributed by atoms with Crippen LogP contribution >= 0.6 is 11.6 Å². The van der Waals surface area contributed by atoms with Crippen LogP contribution in [0.1, 0.15) is 77.7 Å². The molecule has 2 aromatic heterocycles. The van der Waals surface area contributed by atoms with Crippen molar-refractivity contribution in [3.05, 3.63) is 106 Å². The van der Waals surface area contributed by atoms with E-state index < -0.39 is 17.6 Å². The van der Waals surface area contributed by atoms with Crippen LogP contribution in [-0.4, -0.2) is 90.1 Å². The van der Waals surface area contributed by atoms with Crippen LogP contribution in [0.15, 0.2) is 73.1 Å². The predicted octanol–water partition coefficient (Wildman–Crippen LogP) is 6.12. The van der Waals surface area contributed by atoms with Crippen LogP contribution in [0.2, 0.25) is 5.02 Å². The Morgan fingerprint density at radius 3 is 2.12 bits per heavy atom. The lowest BCUT2D eigenvalue weighted by atomic mass is 9.98. The molecule has 1 aliphatic heterocycles. The molecule has 60 heavy (non-hydrogen) atoms. The number of rotatable bonds is 17. The first-order valence-corrected chi connectivity index (χ1v) is 20.2. The maximum absolute atomic E-state index is 13.2. The minimum Gasteiger partial charge on any atom is -0.469 e. The van der Waals surface area contributed by atoms with E-state index in [-0.39, 0.29) is 41.5 Å². The monoisotopic (exact) mass is 840 g/mol. The summed E-state index contributed by atoms with van der Waals surface area (Å²) < 4.78 is 10.1. The fourth-order valence-corrected chi connectivity index (χ4v) is 6.82. The third kappa shape index (κ3) is 13.3. The highest BCUT2D eigenvalue weighted by Crippen LogP contribution is 2.37. The van der Waals surface area contributed by atoms with Crippen molar-refractivity contribution in [2.75, 3.05) is 50.5 Å². The Kier molecular flexibility index (Phi) is 16.1. The largest absolute Gasteiger partial charge is 0.469 e. The highest BCUT2D eigenvalue weighted by Gasteiger charge is 2.29. The summed E-state index contributed by atoms with van der Waals surface area (Å²) in [4.78, 5) is 73.0. The molecule has 1 aliphatic rings. The number of esters is 1. The molecule has 318 valence electrons. The first-order chi connectivity index (χ1) is 28.7. The molecule has 0 saturated carbocycles. The van der Waals surface area contributed by atoms with Gasteiger partial charge < -0.3 is 36.1 Å². The Labute approximate surface area is 355 Å². The SMILES string of the molecule is COC(=O)[C@@H]1CCN(Cc2ccc(C(=O)Nc3cccc(-c4cccc(NC(=O)c5ccc(CNCCNC(=O)CCCNC(=O)OC(C)(C)C)cn5)c4C)c3Cl)nc2)C1. The minimum absolute atomic E-state index is 0.107. The van der Waals surface area contributed by atoms with Crippen LogP contribution in [0.4, 0.5) is 16.2 Å². The number of amides is 4. The molecule has 0 spiro atoms. The zero-order chi connectivity index (χ0) is 43.2. The summed E-state index contributed by atoms with van der Waals surface area (Å²) >= 11 is 6.89. The molecule has 1 saturated heterocycles. The fraction of sp³-hybridized carbons (Fsp3) is 0.386. The zero-order valence-electron chi connectivity index (χ0n) is 34.7. The number of alkyl carbamates (subject to hydrolysis) is 1. The third-order valence-corrected chi connectivity index (χ3v) is 10.1. The molecule has 0 aliphatic carbocycles. The zero-order valence-corrected chi connectivity index (χ0v) is 35.4. The number of hydrogen-bond acceptors (Lipinski definition) is 11. The standard InChI is InChI=1S/C44H53ClN8O7/c1-28-32(33-10-7-12-35(39(33)45)52-41(56)37-17-15-30(25-50-37)26-53-22-18-31(27-53)42(57)59-5)9-6-11-34(28)51-40(55)36-16-14-29(24-49-36)23-46-20-21-47-38(54)13-8-19-48-43(58)60-44(2,3)4/h6-7,9-12,14-17,24-25,31,46H,8,13,18-23,26-27H2,1-5H3,(H,47,54)(H,48,58)(H,51,55)(H,52,56)/t31-/m1/s1. The molecule has 16 heteroatoms. The van der Waals surface area contributed by atoms with Gasteiger partial charge in [0.25, 0.3) is 11.8 Å². The second kappa shape index (κ2) is 21.4. The van der Waals surface area contributed by atoms with E-state index in [1.807, 2.05) is 37.3 Å². The maximum atomic E-state index is 13.2. The van der Waals surface area contributed by atoms with Crippen LogP contribution in [0.3, 0.4) is 0 Å². The number of ether oxygens (including phenoxy) is 2. The van der Waals surface area contributed by atoms with Crippen molar-refractivity contribution in [3.63, 3.8) is 0 Å². The maximum Gasteiger partial charge on any atom is 0.407 e. The lowest BCUT2D eigenvalue weighted by molar-refractivity contribution is -0.145. The number of methoxy groups -OCH3 is 1. The van der Waals surface area contributed by atoms with E-state index in [9.17, 15) is 24.0 Å². The number of likely N-dealkylation sites (tertiary alicyclic amines) is 1. The van der Waals surface area contributed by atoms with Gasteiger partial charge in [0.05, 0.1) is 23.7 Å². The van der Waals surface area contributed by atoms with Gasteiger partial charge in [-0.15, -0.1) is 0 Å². The Morgan fingerprint density at radius 1 is 0.817 bits per heavy atom. The predicted molar refractivity (Wildman–Crippen MR) is 230 cm³/mol. The number of anilines is 2. The average molecular weight is 841 g/mol. The molecule has 4 amide bonds. The van der Waals surface area contributed by atoms with E-state index in [1.165, 1.54) is 7.11 Å². The van der Waals surface area contributed by atoms with Gasteiger partial charge in [0.15, 0.2) is 0 Å². The Bertz CT molecular complexity index is 2140. The van der Waals surface area contributed by atoms with Gasteiger partial charge in [-0.2, -0.15) is 0 Å². The van der Waals surface area contributed by atoms with Crippen molar-refractivity contribution in [2.45, 2.75) is 65.6 Å². The van der Waals surface area contributed by atoms with Gasteiger partial charge in [-0.1, -0.05) is 48.0 Å². The van der Waals surface area contributed by atoms with E-state index in [0.717, 1.165) is 35.2 Å². The second-order valence-corrected chi connectivity index (χ2v) is 15.8. The van der Waals surface area contributed by atoms with E-state index in [0.29, 0.717) is 67.7 Å². The summed E-state index contributed by atoms with van der Waals surface area (Å²) in [5.74, 6) is -1.22. The normalized spacial score (nSPS) is 13.9. The second-order valence-electron chi connectivity index (χ2n) is 15.5. The molecule has 3 heterocycles. The summed E-state index contributed by atoms with van der Waals surface area (Å²) in [5.41, 5.74) is 4.90. The molecular formula is C44H53ClN8O7. The molecule has 1 fully saturated rings. The Morgan fingerprint density at radius 2 is 1.47 bits per heavy atom. The number of nitrogens with one attached hydrogen (secondary N) is 5. The molecule has 0 radical (unpaired) electrons. The summed E-state index contributed by atoms with van der Waals surface area (Å²) in [6, 6.07) is 17.8. The number of hydrogen-bond donors (Lipinski definition) is 5. The fourth-order valence-electron chi connectivity index (χ4n) is 6.55. The number of carbonyl (C=O) groups excluding carboxylic acids is 5. The van der Waals surface area contributed by atoms with Crippen molar-refractivity contribution in [1.29, 1.82) is 0 Å². The lowest BCUT2D eigenvalue weighted by Gasteiger charge is -2.19. The molecule has 1 atom stereocenters. The first-order valence-electron chi connectivity index (χ1n) is 19.9. The molecule has 0 bridgehead atoms. The van der Waals surface area contributed by atoms with Gasteiger partial charge in [0.1, 0.15) is 17.0 Å². The van der Waals surface area contributed by atoms with Gasteiger partial charge >= 0.3 is 12.1 Å². The Balaban J connectivity index is 1.08. The molecule has 0 unspecified atom stereocenters. The molecule has 4 aromatic rings. The summed E-state index contributed by atoms with van der Waals surface area (Å²) in [7, 11) is 1.40. The van der Waals surface area contributed by atoms with Crippen molar-refractivity contribution in [2.24, 2.45) is 5.92 Å². The molecule has 2 aromatic carbocycles. The highest BCUT2D eigenvalue weighted by atomic mass is 35.5. The third-order valence-electron chi connectivity index (χ3n) is 9.65. The van der Waals surface area contributed by atoms with Crippen LogP contribution < -0.4 is 26.6 Å². The quantitative estimate of drug-likeness (QED) is 0.0608. The summed E-state index contributed by atoms with van der Waals surface area (Å²) in [5, 5.41) is 14.9. The minimum atomic E-state index is -0.572. The number of aromatic nitrogens is 2. The molecular weight excluding hydrogens is 788 g/mol. The molecule has 15 nitrogen and oxygen atoms in total. The van der Waals surface area contributed by atoms with Crippen molar-refractivity contribution >= 4 is 52.8 Å². The molecule has 5 N–H and O–H groups in total. The van der Waals surface area contributed by atoms with Crippen LogP contribution in [0, 0.1) is 12.8 Å². The number of halogens is 1. The van der Waals surface area contributed by atoms with Gasteiger partial charge in [-0.3, -0.25) is 34.0 Å². The topological polar surface area (TPSA) is 193 Å². The van der Waals surface area contributed by atoms with Crippen LogP contribution in [-0.2, 0) is 32.2 Å². The number of pyridine rings is 2. The van der Waals surface area contributed by atoms with Crippen LogP contribution in [0.5, 0.6) is 0 Å². The van der Waals surface area contributed by atoms with E-state index in [2.05, 4.69) is 41.5 Å². The summed E-state index contributed by atoms with van der Waals surface area (Å²) in [6.45, 7) is 11.1. The van der Waals surface area contributed by atoms with E-state index in [1.54, 1.807) is 63.5 Å². The highest BCUT2D eigenvalue weighted by molar-refractivity contribution is 6.36. The van der Waals surface area contributed by atoms with E-state index in [4.69, 9.17) is 21.1 Å². The lowest BCUT2D eigenvalue weighted by Crippen LogP contribution is -2.34. The smallest absolute Gasteiger partial charge is 0.407 e. The van der Waals surface area contributed by atoms with Gasteiger partial charge in [-0.25, -0.2) is 4.79 Å². The van der Waals surface area contributed by atoms with Crippen LogP contribution in [0.25, 0.3) is 11.1 Å². The van der Waals surface area contributed by atoms with Crippen molar-refractivity contribution < 1.29 is 33.4 Å². The van der Waals surface area contributed by atoms with Gasteiger partial charge in [0.2, 0.25) is 5.91 Å². The van der Waals surface area contributed by atoms with Crippen molar-refractivity contribution in [1.82, 2.24) is 30.8 Å². The number of carbonyl (C=O) groups is 5. The summed E-state index contributed by atoms with van der Waals surface area (Å²) in [6.07, 6.45) is 4.32. The molecule has 5 rings (SSSR count). The average Bonchev–Trinajstić information content (AvgIpc) is 3.69.